The summed E-state index contributed by atoms with van der Waals surface area (Å²) in [5.41, 5.74) is -1.36. The first-order valence-corrected chi connectivity index (χ1v) is 5.46. The molecule has 0 aliphatic carbocycles. The summed E-state index contributed by atoms with van der Waals surface area (Å²) < 4.78 is 51.4. The molecule has 1 fully saturated rings. The highest BCUT2D eigenvalue weighted by Crippen LogP contribution is 2.38. The third-order valence-electron chi connectivity index (χ3n) is 2.90. The number of alkyl halides is 3. The Balaban J connectivity index is 2.44. The Morgan fingerprint density at radius 2 is 1.68 bits per heavy atom. The molecular weight excluding hydrogens is 266 g/mol. The average molecular weight is 275 g/mol. The molecule has 1 aliphatic heterocycles. The zero-order chi connectivity index (χ0) is 14.2. The molecule has 19 heavy (non-hydrogen) atoms. The Kier molecular flexibility index (Phi) is 3.30. The minimum absolute atomic E-state index is 0.222. The maximum absolute atomic E-state index is 13.0. The van der Waals surface area contributed by atoms with Crippen LogP contribution < -0.4 is 5.32 Å². The number of amides is 2. The molecule has 0 spiro atoms. The van der Waals surface area contributed by atoms with Gasteiger partial charge in [0.25, 0.3) is 0 Å². The van der Waals surface area contributed by atoms with E-state index in [1.165, 1.54) is 0 Å². The van der Waals surface area contributed by atoms with Gasteiger partial charge in [0.05, 0.1) is 5.56 Å². The first-order valence-electron chi connectivity index (χ1n) is 5.46. The predicted molar refractivity (Wildman–Crippen MR) is 56.5 cm³/mol. The van der Waals surface area contributed by atoms with Gasteiger partial charge in [-0.1, -0.05) is 6.07 Å². The molecule has 1 aromatic carbocycles. The third-order valence-corrected chi connectivity index (χ3v) is 2.90. The molecule has 1 N–H and O–H groups in total. The van der Waals surface area contributed by atoms with Crippen molar-refractivity contribution in [3.05, 3.63) is 35.1 Å². The molecule has 0 unspecified atom stereocenters. The predicted octanol–water partition coefficient (Wildman–Crippen LogP) is 2.36. The lowest BCUT2D eigenvalue weighted by molar-refractivity contribution is -0.140. The van der Waals surface area contributed by atoms with E-state index in [4.69, 9.17) is 0 Å². The quantitative estimate of drug-likeness (QED) is 0.631. The smallest absolute Gasteiger partial charge is 0.296 e. The number of carbonyl (C=O) groups is 2. The SMILES string of the molecule is O=C1CC(c2ccc(F)cc2C(F)(F)F)CC(=O)N1. The van der Waals surface area contributed by atoms with Crippen molar-refractivity contribution < 1.29 is 27.2 Å². The molecule has 3 nitrogen and oxygen atoms in total. The summed E-state index contributed by atoms with van der Waals surface area (Å²) in [7, 11) is 0. The Labute approximate surface area is 105 Å². The fourth-order valence-electron chi connectivity index (χ4n) is 2.13. The van der Waals surface area contributed by atoms with Crippen molar-refractivity contribution in [2.75, 3.05) is 0 Å². The number of imide groups is 1. The van der Waals surface area contributed by atoms with Crippen LogP contribution in [0, 0.1) is 5.82 Å². The molecule has 1 heterocycles. The van der Waals surface area contributed by atoms with E-state index >= 15 is 0 Å². The van der Waals surface area contributed by atoms with Crippen LogP contribution in [0.5, 0.6) is 0 Å². The zero-order valence-electron chi connectivity index (χ0n) is 9.55. The maximum atomic E-state index is 13.0. The molecule has 0 aromatic heterocycles. The van der Waals surface area contributed by atoms with Crippen LogP contribution in [0.25, 0.3) is 0 Å². The van der Waals surface area contributed by atoms with Crippen LogP contribution in [0.3, 0.4) is 0 Å². The van der Waals surface area contributed by atoms with Gasteiger partial charge in [0, 0.05) is 18.8 Å². The van der Waals surface area contributed by atoms with Crippen molar-refractivity contribution >= 4 is 11.8 Å². The molecule has 7 heteroatoms. The summed E-state index contributed by atoms with van der Waals surface area (Å²) in [5.74, 6) is -3.14. The Bertz CT molecular complexity index is 523. The maximum Gasteiger partial charge on any atom is 0.416 e. The van der Waals surface area contributed by atoms with Crippen LogP contribution >= 0.6 is 0 Å². The molecule has 1 saturated heterocycles. The molecule has 102 valence electrons. The summed E-state index contributed by atoms with van der Waals surface area (Å²) in [6.45, 7) is 0. The first kappa shape index (κ1) is 13.5. The highest BCUT2D eigenvalue weighted by Gasteiger charge is 2.37. The lowest BCUT2D eigenvalue weighted by Gasteiger charge is -2.24. The van der Waals surface area contributed by atoms with Gasteiger partial charge < -0.3 is 0 Å². The van der Waals surface area contributed by atoms with Crippen molar-refractivity contribution in [2.24, 2.45) is 0 Å². The second kappa shape index (κ2) is 4.64. The normalized spacial score (nSPS) is 17.5. The van der Waals surface area contributed by atoms with Gasteiger partial charge in [-0.15, -0.1) is 0 Å². The van der Waals surface area contributed by atoms with Crippen LogP contribution in [-0.2, 0) is 15.8 Å². The number of rotatable bonds is 1. The monoisotopic (exact) mass is 275 g/mol. The average Bonchev–Trinajstić information content (AvgIpc) is 2.26. The van der Waals surface area contributed by atoms with Gasteiger partial charge in [-0.25, -0.2) is 4.39 Å². The summed E-state index contributed by atoms with van der Waals surface area (Å²) in [4.78, 5) is 22.4. The van der Waals surface area contributed by atoms with Crippen molar-refractivity contribution in [1.29, 1.82) is 0 Å². The van der Waals surface area contributed by atoms with Gasteiger partial charge in [-0.2, -0.15) is 13.2 Å². The second-order valence-electron chi connectivity index (χ2n) is 4.31. The lowest BCUT2D eigenvalue weighted by atomic mass is 9.86. The van der Waals surface area contributed by atoms with Crippen molar-refractivity contribution in [2.45, 2.75) is 24.9 Å². The summed E-state index contributed by atoms with van der Waals surface area (Å²) in [6.07, 6.45) is -5.17. The molecule has 0 atom stereocenters. The number of piperidine rings is 1. The van der Waals surface area contributed by atoms with E-state index in [9.17, 15) is 27.2 Å². The minimum Gasteiger partial charge on any atom is -0.296 e. The molecule has 0 bridgehead atoms. The van der Waals surface area contributed by atoms with Crippen molar-refractivity contribution in [3.63, 3.8) is 0 Å². The lowest BCUT2D eigenvalue weighted by Crippen LogP contribution is -2.38. The van der Waals surface area contributed by atoms with E-state index in [2.05, 4.69) is 0 Å². The van der Waals surface area contributed by atoms with Crippen LogP contribution in [-0.4, -0.2) is 11.8 Å². The van der Waals surface area contributed by atoms with Crippen LogP contribution in [0.2, 0.25) is 0 Å². The summed E-state index contributed by atoms with van der Waals surface area (Å²) in [5, 5.41) is 2.02. The number of hydrogen-bond donors (Lipinski definition) is 1. The highest BCUT2D eigenvalue weighted by atomic mass is 19.4. The van der Waals surface area contributed by atoms with E-state index in [1.807, 2.05) is 5.32 Å². The Morgan fingerprint density at radius 1 is 1.11 bits per heavy atom. The number of carbonyl (C=O) groups excluding carboxylic acids is 2. The van der Waals surface area contributed by atoms with Crippen LogP contribution in [0.1, 0.15) is 29.9 Å². The van der Waals surface area contributed by atoms with E-state index in [0.29, 0.717) is 6.07 Å². The standard InChI is InChI=1S/C12H9F4NO2/c13-7-1-2-8(9(5-7)12(14,15)16)6-3-10(18)17-11(19)4-6/h1-2,5-6H,3-4H2,(H,17,18,19). The molecule has 1 aromatic rings. The fourth-order valence-corrected chi connectivity index (χ4v) is 2.13. The number of benzene rings is 1. The third kappa shape index (κ3) is 2.91. The zero-order valence-corrected chi connectivity index (χ0v) is 9.55. The van der Waals surface area contributed by atoms with E-state index < -0.39 is 35.3 Å². The van der Waals surface area contributed by atoms with E-state index in [-0.39, 0.29) is 18.4 Å². The molecule has 0 radical (unpaired) electrons. The largest absolute Gasteiger partial charge is 0.416 e. The molecular formula is C12H9F4NO2. The second-order valence-corrected chi connectivity index (χ2v) is 4.31. The van der Waals surface area contributed by atoms with Gasteiger partial charge in [-0.3, -0.25) is 14.9 Å². The fraction of sp³-hybridized carbons (Fsp3) is 0.333. The first-order chi connectivity index (χ1) is 8.77. The van der Waals surface area contributed by atoms with Crippen molar-refractivity contribution in [3.8, 4) is 0 Å². The Hall–Kier alpha value is -1.92. The van der Waals surface area contributed by atoms with Crippen LogP contribution in [0.15, 0.2) is 18.2 Å². The summed E-state index contributed by atoms with van der Waals surface area (Å²) >= 11 is 0. The van der Waals surface area contributed by atoms with Crippen LogP contribution in [0.4, 0.5) is 17.6 Å². The molecule has 2 rings (SSSR count). The van der Waals surface area contributed by atoms with E-state index in [0.717, 1.165) is 12.1 Å². The van der Waals surface area contributed by atoms with Gasteiger partial charge in [0.2, 0.25) is 11.8 Å². The number of halogens is 4. The van der Waals surface area contributed by atoms with Gasteiger partial charge >= 0.3 is 6.18 Å². The number of nitrogens with one attached hydrogen (secondary N) is 1. The highest BCUT2D eigenvalue weighted by molar-refractivity contribution is 5.98. The van der Waals surface area contributed by atoms with Gasteiger partial charge in [0.1, 0.15) is 5.82 Å². The summed E-state index contributed by atoms with van der Waals surface area (Å²) in [6, 6.07) is 2.25. The number of hydrogen-bond acceptors (Lipinski definition) is 2. The van der Waals surface area contributed by atoms with Gasteiger partial charge in [-0.05, 0) is 17.7 Å². The van der Waals surface area contributed by atoms with E-state index in [1.54, 1.807) is 0 Å². The molecule has 1 aliphatic rings. The minimum atomic E-state index is -4.73. The topological polar surface area (TPSA) is 46.2 Å². The molecule has 0 saturated carbocycles. The molecule has 2 amide bonds. The van der Waals surface area contributed by atoms with Crippen molar-refractivity contribution in [1.82, 2.24) is 5.32 Å². The van der Waals surface area contributed by atoms with Gasteiger partial charge in [0.15, 0.2) is 0 Å². The Morgan fingerprint density at radius 3 is 2.21 bits per heavy atom.